The minimum absolute atomic E-state index is 0.110. The zero-order valence-corrected chi connectivity index (χ0v) is 15.2. The smallest absolute Gasteiger partial charge is 0.221 e. The van der Waals surface area contributed by atoms with E-state index in [1.165, 1.54) is 18.4 Å². The van der Waals surface area contributed by atoms with Crippen LogP contribution in [0.3, 0.4) is 0 Å². The first kappa shape index (κ1) is 18.3. The van der Waals surface area contributed by atoms with Crippen LogP contribution in [0, 0.1) is 11.2 Å². The first-order valence-corrected chi connectivity index (χ1v) is 9.49. The Morgan fingerprint density at radius 1 is 1.24 bits per heavy atom. The minimum atomic E-state index is -0.169. The van der Waals surface area contributed by atoms with Crippen LogP contribution in [-0.2, 0) is 11.2 Å². The summed E-state index contributed by atoms with van der Waals surface area (Å²) in [4.78, 5) is 13.9. The second-order valence-electron chi connectivity index (χ2n) is 7.72. The third kappa shape index (κ3) is 5.51. The Balaban J connectivity index is 1.58. The number of carbonyl (C=O) groups excluding carboxylic acids is 1. The van der Waals surface area contributed by atoms with Gasteiger partial charge in [0.15, 0.2) is 0 Å². The quantitative estimate of drug-likeness (QED) is 0.759. The van der Waals surface area contributed by atoms with Crippen LogP contribution in [0.1, 0.15) is 37.7 Å². The molecule has 0 unspecified atom stereocenters. The van der Waals surface area contributed by atoms with Crippen LogP contribution >= 0.6 is 0 Å². The molecule has 25 heavy (non-hydrogen) atoms. The Bertz CT molecular complexity index is 563. The fourth-order valence-electron chi connectivity index (χ4n) is 3.74. The van der Waals surface area contributed by atoms with E-state index in [1.54, 1.807) is 19.2 Å². The van der Waals surface area contributed by atoms with Gasteiger partial charge in [0, 0.05) is 32.6 Å². The van der Waals surface area contributed by atoms with Crippen molar-refractivity contribution < 1.29 is 9.18 Å². The zero-order valence-electron chi connectivity index (χ0n) is 15.2. The summed E-state index contributed by atoms with van der Waals surface area (Å²) in [5.41, 5.74) is 1.46. The maximum absolute atomic E-state index is 13.2. The van der Waals surface area contributed by atoms with Gasteiger partial charge in [-0.3, -0.25) is 4.79 Å². The third-order valence-electron chi connectivity index (χ3n) is 5.69. The molecule has 1 amide bonds. The predicted molar refractivity (Wildman–Crippen MR) is 97.9 cm³/mol. The fraction of sp³-hybridized carbons (Fsp3) is 0.650. The van der Waals surface area contributed by atoms with Crippen molar-refractivity contribution in [3.8, 4) is 0 Å². The Labute approximate surface area is 150 Å². The molecular weight excluding hydrogens is 317 g/mol. The van der Waals surface area contributed by atoms with Gasteiger partial charge < -0.3 is 15.5 Å². The fourth-order valence-corrected chi connectivity index (χ4v) is 3.74. The molecule has 0 spiro atoms. The van der Waals surface area contributed by atoms with E-state index in [2.05, 4.69) is 15.5 Å². The maximum Gasteiger partial charge on any atom is 0.221 e. The maximum atomic E-state index is 13.2. The molecule has 1 saturated heterocycles. The highest BCUT2D eigenvalue weighted by atomic mass is 19.1. The van der Waals surface area contributed by atoms with E-state index in [4.69, 9.17) is 0 Å². The number of hydrogen-bond acceptors (Lipinski definition) is 3. The van der Waals surface area contributed by atoms with Crippen molar-refractivity contribution in [3.63, 3.8) is 0 Å². The summed E-state index contributed by atoms with van der Waals surface area (Å²) in [6.45, 7) is 3.94. The van der Waals surface area contributed by atoms with Gasteiger partial charge >= 0.3 is 0 Å². The van der Waals surface area contributed by atoms with Gasteiger partial charge in [-0.25, -0.2) is 4.39 Å². The third-order valence-corrected chi connectivity index (χ3v) is 5.69. The van der Waals surface area contributed by atoms with Crippen LogP contribution in [0.5, 0.6) is 0 Å². The number of benzene rings is 1. The average molecular weight is 347 g/mol. The van der Waals surface area contributed by atoms with Gasteiger partial charge in [-0.15, -0.1) is 0 Å². The lowest BCUT2D eigenvalue weighted by Crippen LogP contribution is -2.47. The zero-order chi connectivity index (χ0) is 17.7. The topological polar surface area (TPSA) is 44.4 Å². The Kier molecular flexibility index (Phi) is 6.07. The molecule has 1 aromatic carbocycles. The van der Waals surface area contributed by atoms with Gasteiger partial charge in [-0.1, -0.05) is 12.1 Å². The van der Waals surface area contributed by atoms with Crippen LogP contribution in [0.15, 0.2) is 24.3 Å². The number of amides is 1. The van der Waals surface area contributed by atoms with Crippen molar-refractivity contribution in [3.05, 3.63) is 35.6 Å². The molecule has 0 radical (unpaired) electrons. The minimum Gasteiger partial charge on any atom is -0.359 e. The molecule has 3 rings (SSSR count). The van der Waals surface area contributed by atoms with E-state index >= 15 is 0 Å². The van der Waals surface area contributed by atoms with E-state index in [9.17, 15) is 9.18 Å². The molecule has 2 fully saturated rings. The number of piperidine rings is 1. The van der Waals surface area contributed by atoms with Gasteiger partial charge in [-0.05, 0) is 68.3 Å². The summed E-state index contributed by atoms with van der Waals surface area (Å²) in [5, 5.41) is 6.41. The standard InChI is InChI=1S/C20H30FN3O/c1-22-19(25)8-11-24-12-9-20(10-13-24,15-23-18-6-7-18)14-16-2-4-17(21)5-3-16/h2-5,18,23H,6-15H2,1H3,(H,22,25). The lowest BCUT2D eigenvalue weighted by atomic mass is 9.73. The summed E-state index contributed by atoms with van der Waals surface area (Å²) in [5.74, 6) is -0.0588. The lowest BCUT2D eigenvalue weighted by molar-refractivity contribution is -0.121. The van der Waals surface area contributed by atoms with Crippen molar-refractivity contribution in [2.24, 2.45) is 5.41 Å². The molecule has 0 bridgehead atoms. The largest absolute Gasteiger partial charge is 0.359 e. The van der Waals surface area contributed by atoms with Crippen molar-refractivity contribution in [1.82, 2.24) is 15.5 Å². The first-order chi connectivity index (χ1) is 12.1. The number of carbonyl (C=O) groups is 1. The van der Waals surface area contributed by atoms with E-state index in [1.807, 2.05) is 12.1 Å². The highest BCUT2D eigenvalue weighted by Gasteiger charge is 2.36. The Morgan fingerprint density at radius 2 is 1.92 bits per heavy atom. The summed E-state index contributed by atoms with van der Waals surface area (Å²) >= 11 is 0. The molecule has 1 saturated carbocycles. The van der Waals surface area contributed by atoms with Gasteiger partial charge in [0.25, 0.3) is 0 Å². The molecule has 5 heteroatoms. The van der Waals surface area contributed by atoms with Crippen LogP contribution in [0.4, 0.5) is 4.39 Å². The molecule has 2 aliphatic rings. The monoisotopic (exact) mass is 347 g/mol. The van der Waals surface area contributed by atoms with Gasteiger partial charge in [0.2, 0.25) is 5.91 Å². The Morgan fingerprint density at radius 3 is 2.52 bits per heavy atom. The number of likely N-dealkylation sites (tertiary alicyclic amines) is 1. The molecule has 1 aliphatic carbocycles. The molecule has 1 aliphatic heterocycles. The summed E-state index contributed by atoms with van der Waals surface area (Å²) in [7, 11) is 1.69. The molecule has 0 aromatic heterocycles. The Hall–Kier alpha value is -1.46. The summed E-state index contributed by atoms with van der Waals surface area (Å²) < 4.78 is 13.2. The number of nitrogens with zero attached hydrogens (tertiary/aromatic N) is 1. The lowest BCUT2D eigenvalue weighted by Gasteiger charge is -2.42. The second kappa shape index (κ2) is 8.28. The van der Waals surface area contributed by atoms with Crippen LogP contribution in [0.2, 0.25) is 0 Å². The van der Waals surface area contributed by atoms with Crippen molar-refractivity contribution in [1.29, 1.82) is 0 Å². The van der Waals surface area contributed by atoms with Crippen molar-refractivity contribution >= 4 is 5.91 Å². The van der Waals surface area contributed by atoms with E-state index in [0.29, 0.717) is 12.5 Å². The number of halogens is 1. The number of rotatable bonds is 8. The first-order valence-electron chi connectivity index (χ1n) is 9.49. The van der Waals surface area contributed by atoms with Gasteiger partial charge in [-0.2, -0.15) is 0 Å². The van der Waals surface area contributed by atoms with E-state index in [-0.39, 0.29) is 17.1 Å². The number of hydrogen-bond donors (Lipinski definition) is 2. The van der Waals surface area contributed by atoms with Crippen LogP contribution in [-0.4, -0.2) is 50.1 Å². The van der Waals surface area contributed by atoms with Crippen LogP contribution in [0.25, 0.3) is 0 Å². The summed E-state index contributed by atoms with van der Waals surface area (Å²) in [6, 6.07) is 7.68. The molecule has 138 valence electrons. The van der Waals surface area contributed by atoms with Crippen LogP contribution < -0.4 is 10.6 Å². The normalized spacial score (nSPS) is 20.4. The van der Waals surface area contributed by atoms with E-state index in [0.717, 1.165) is 45.4 Å². The highest BCUT2D eigenvalue weighted by Crippen LogP contribution is 2.36. The van der Waals surface area contributed by atoms with E-state index < -0.39 is 0 Å². The van der Waals surface area contributed by atoms with Gasteiger partial charge in [0.1, 0.15) is 5.82 Å². The van der Waals surface area contributed by atoms with Crippen molar-refractivity contribution in [2.45, 2.75) is 44.6 Å². The SMILES string of the molecule is CNC(=O)CCN1CCC(CNC2CC2)(Cc2ccc(F)cc2)CC1. The average Bonchev–Trinajstić information content (AvgIpc) is 3.46. The van der Waals surface area contributed by atoms with Crippen molar-refractivity contribution in [2.75, 3.05) is 33.2 Å². The molecule has 0 atom stereocenters. The predicted octanol–water partition coefficient (Wildman–Crippen LogP) is 2.34. The number of nitrogens with one attached hydrogen (secondary N) is 2. The molecule has 4 nitrogen and oxygen atoms in total. The summed E-state index contributed by atoms with van der Waals surface area (Å²) in [6.07, 6.45) is 6.41. The molecular formula is C20H30FN3O. The van der Waals surface area contributed by atoms with Gasteiger partial charge in [0.05, 0.1) is 0 Å². The second-order valence-corrected chi connectivity index (χ2v) is 7.72. The molecule has 2 N–H and O–H groups in total. The molecule has 1 heterocycles. The highest BCUT2D eigenvalue weighted by molar-refractivity contribution is 5.75. The molecule has 1 aromatic rings.